The van der Waals surface area contributed by atoms with E-state index in [2.05, 4.69) is 10.1 Å². The van der Waals surface area contributed by atoms with Gasteiger partial charge in [0, 0.05) is 11.6 Å². The number of hydrogen-bond donors (Lipinski definition) is 2. The van der Waals surface area contributed by atoms with E-state index in [0.717, 1.165) is 12.5 Å². The lowest BCUT2D eigenvalue weighted by molar-refractivity contribution is -0.385. The summed E-state index contributed by atoms with van der Waals surface area (Å²) in [5.41, 5.74) is -1.96. The first kappa shape index (κ1) is 19.4. The van der Waals surface area contributed by atoms with Gasteiger partial charge in [-0.2, -0.15) is 5.16 Å². The van der Waals surface area contributed by atoms with Gasteiger partial charge in [-0.3, -0.25) is 24.5 Å². The van der Waals surface area contributed by atoms with Crippen molar-refractivity contribution < 1.29 is 19.1 Å². The maximum absolute atomic E-state index is 12.5. The third-order valence-electron chi connectivity index (χ3n) is 5.14. The minimum Gasteiger partial charge on any atom is -0.384 e. The molecule has 0 fully saturated rings. The molecule has 0 spiro atoms. The van der Waals surface area contributed by atoms with Crippen LogP contribution in [-0.4, -0.2) is 25.8 Å². The van der Waals surface area contributed by atoms with E-state index in [4.69, 9.17) is 9.36 Å². The van der Waals surface area contributed by atoms with Gasteiger partial charge in [0.15, 0.2) is 0 Å². The van der Waals surface area contributed by atoms with E-state index < -0.39 is 34.0 Å². The highest BCUT2D eigenvalue weighted by atomic mass is 16.7. The van der Waals surface area contributed by atoms with Crippen molar-refractivity contribution in [2.24, 2.45) is 0 Å². The first-order valence-corrected chi connectivity index (χ1v) is 9.14. The third-order valence-corrected chi connectivity index (χ3v) is 5.14. The molecule has 156 valence electrons. The van der Waals surface area contributed by atoms with E-state index in [9.17, 15) is 29.3 Å². The number of rotatable bonds is 4. The molecule has 2 heterocycles. The molecular weight excluding hydrogens is 400 g/mol. The number of nitro groups is 1. The standard InChI is InChI=1S/C18H16N4O8/c1-8-11(16(24)20-29-8)6-14(23)30-21-15-10-5-3-2-4-9(10)13(22(27)28)7-12(15)19-17(25)18(21)26/h7H,2-6H2,1H3,(H,19,25)(H,20,24). The van der Waals surface area contributed by atoms with E-state index >= 15 is 0 Å². The normalized spacial score (nSPS) is 13.2. The maximum Gasteiger partial charge on any atom is 0.349 e. The molecule has 0 aliphatic heterocycles. The summed E-state index contributed by atoms with van der Waals surface area (Å²) in [6, 6.07) is 1.16. The molecule has 1 aliphatic carbocycles. The van der Waals surface area contributed by atoms with Gasteiger partial charge in [0.2, 0.25) is 0 Å². The van der Waals surface area contributed by atoms with Crippen LogP contribution in [0, 0.1) is 17.0 Å². The van der Waals surface area contributed by atoms with Crippen molar-refractivity contribution in [3.63, 3.8) is 0 Å². The van der Waals surface area contributed by atoms with E-state index in [0.29, 0.717) is 35.1 Å². The predicted molar refractivity (Wildman–Crippen MR) is 101 cm³/mol. The Kier molecular flexibility index (Phi) is 4.60. The highest BCUT2D eigenvalue weighted by molar-refractivity contribution is 5.84. The Labute approximate surface area is 166 Å². The molecule has 3 aromatic rings. The van der Waals surface area contributed by atoms with Gasteiger partial charge >= 0.3 is 17.1 Å². The Balaban J connectivity index is 1.89. The highest BCUT2D eigenvalue weighted by Crippen LogP contribution is 2.34. The summed E-state index contributed by atoms with van der Waals surface area (Å²) in [5.74, 6) is -0.782. The number of aromatic nitrogens is 3. The molecule has 2 N–H and O–H groups in total. The van der Waals surface area contributed by atoms with Gasteiger partial charge < -0.3 is 14.3 Å². The minimum absolute atomic E-state index is 0.0112. The number of aromatic amines is 2. The van der Waals surface area contributed by atoms with Crippen molar-refractivity contribution in [3.05, 3.63) is 69.7 Å². The number of nitrogens with zero attached hydrogens (tertiary/aromatic N) is 2. The number of H-pyrrole nitrogens is 2. The molecular formula is C18H16N4O8. The topological polar surface area (TPSA) is 170 Å². The molecule has 1 aromatic carbocycles. The Morgan fingerprint density at radius 1 is 1.23 bits per heavy atom. The monoisotopic (exact) mass is 416 g/mol. The summed E-state index contributed by atoms with van der Waals surface area (Å²) in [7, 11) is 0. The van der Waals surface area contributed by atoms with Gasteiger partial charge in [-0.15, -0.1) is 4.73 Å². The van der Waals surface area contributed by atoms with Crippen molar-refractivity contribution in [2.45, 2.75) is 39.0 Å². The minimum atomic E-state index is -1.14. The number of carbonyl (C=O) groups is 1. The summed E-state index contributed by atoms with van der Waals surface area (Å²) in [6.45, 7) is 1.48. The summed E-state index contributed by atoms with van der Waals surface area (Å²) >= 11 is 0. The fourth-order valence-electron chi connectivity index (χ4n) is 3.74. The molecule has 0 radical (unpaired) electrons. The molecule has 12 nitrogen and oxygen atoms in total. The Morgan fingerprint density at radius 2 is 1.93 bits per heavy atom. The summed E-state index contributed by atoms with van der Waals surface area (Å²) in [5, 5.41) is 13.6. The number of carbonyl (C=O) groups excluding carboxylic acids is 1. The van der Waals surface area contributed by atoms with Crippen LogP contribution in [-0.2, 0) is 24.1 Å². The van der Waals surface area contributed by atoms with E-state index in [1.807, 2.05) is 0 Å². The van der Waals surface area contributed by atoms with Crippen molar-refractivity contribution >= 4 is 22.7 Å². The number of fused-ring (bicyclic) bond motifs is 3. The highest BCUT2D eigenvalue weighted by Gasteiger charge is 2.27. The molecule has 2 aromatic heterocycles. The van der Waals surface area contributed by atoms with E-state index in [-0.39, 0.29) is 28.0 Å². The maximum atomic E-state index is 12.5. The molecule has 0 saturated heterocycles. The number of hydrogen-bond acceptors (Lipinski definition) is 8. The van der Waals surface area contributed by atoms with Crippen LogP contribution in [0.2, 0.25) is 0 Å². The molecule has 0 unspecified atom stereocenters. The van der Waals surface area contributed by atoms with Crippen LogP contribution >= 0.6 is 0 Å². The first-order chi connectivity index (χ1) is 14.3. The second-order valence-corrected chi connectivity index (χ2v) is 6.97. The van der Waals surface area contributed by atoms with Crippen molar-refractivity contribution in [3.8, 4) is 0 Å². The predicted octanol–water partition coefficient (Wildman–Crippen LogP) is 0.264. The molecule has 12 heteroatoms. The number of nitro benzene ring substituents is 1. The molecule has 0 bridgehead atoms. The zero-order valence-electron chi connectivity index (χ0n) is 15.8. The molecule has 0 amide bonds. The van der Waals surface area contributed by atoms with Gasteiger partial charge in [-0.1, -0.05) is 0 Å². The largest absolute Gasteiger partial charge is 0.384 e. The zero-order valence-corrected chi connectivity index (χ0v) is 15.8. The molecule has 4 rings (SSSR count). The van der Waals surface area contributed by atoms with Crippen LogP contribution in [0.25, 0.3) is 11.0 Å². The lowest BCUT2D eigenvalue weighted by atomic mass is 9.89. The number of benzene rings is 1. The van der Waals surface area contributed by atoms with Gasteiger partial charge in [0.05, 0.1) is 22.4 Å². The Hall–Kier alpha value is -3.96. The number of aryl methyl sites for hydroxylation is 2. The zero-order chi connectivity index (χ0) is 21.6. The third kappa shape index (κ3) is 3.11. The molecule has 0 saturated carbocycles. The van der Waals surface area contributed by atoms with Crippen LogP contribution in [0.15, 0.2) is 25.0 Å². The second kappa shape index (κ2) is 7.13. The van der Waals surface area contributed by atoms with Crippen molar-refractivity contribution in [1.82, 2.24) is 14.9 Å². The smallest absolute Gasteiger partial charge is 0.349 e. The fourth-order valence-corrected chi connectivity index (χ4v) is 3.74. The lowest BCUT2D eigenvalue weighted by Gasteiger charge is -2.19. The van der Waals surface area contributed by atoms with Crippen molar-refractivity contribution in [2.75, 3.05) is 0 Å². The molecule has 1 aliphatic rings. The van der Waals surface area contributed by atoms with Crippen LogP contribution < -0.4 is 21.5 Å². The lowest BCUT2D eigenvalue weighted by Crippen LogP contribution is -2.42. The summed E-state index contributed by atoms with van der Waals surface area (Å²) < 4.78 is 5.40. The quantitative estimate of drug-likeness (QED) is 0.346. The number of nitrogens with one attached hydrogen (secondary N) is 2. The van der Waals surface area contributed by atoms with Crippen molar-refractivity contribution in [1.29, 1.82) is 0 Å². The van der Waals surface area contributed by atoms with E-state index in [1.165, 1.54) is 6.92 Å². The SMILES string of the molecule is Cc1o[nH]c(=O)c1CC(=O)On1c(=O)c(=O)[nH]c2cc([N+](=O)[O-])c3c(c21)CCCC3. The average Bonchev–Trinajstić information content (AvgIpc) is 3.02. The van der Waals surface area contributed by atoms with Crippen LogP contribution in [0.3, 0.4) is 0 Å². The van der Waals surface area contributed by atoms with Crippen LogP contribution in [0.5, 0.6) is 0 Å². The average molecular weight is 416 g/mol. The van der Waals surface area contributed by atoms with Crippen LogP contribution in [0.1, 0.15) is 35.3 Å². The molecule has 30 heavy (non-hydrogen) atoms. The van der Waals surface area contributed by atoms with E-state index in [1.54, 1.807) is 0 Å². The van der Waals surface area contributed by atoms with Gasteiger partial charge in [0.1, 0.15) is 11.3 Å². The second-order valence-electron chi connectivity index (χ2n) is 6.97. The Morgan fingerprint density at radius 3 is 2.57 bits per heavy atom. The fraction of sp³-hybridized carbons (Fsp3) is 0.333. The van der Waals surface area contributed by atoms with Gasteiger partial charge in [-0.25, -0.2) is 4.79 Å². The van der Waals surface area contributed by atoms with Gasteiger partial charge in [0.25, 0.3) is 11.2 Å². The first-order valence-electron chi connectivity index (χ1n) is 9.14. The summed E-state index contributed by atoms with van der Waals surface area (Å²) in [6.07, 6.45) is 1.79. The molecule has 0 atom stereocenters. The summed E-state index contributed by atoms with van der Waals surface area (Å²) in [4.78, 5) is 67.2. The van der Waals surface area contributed by atoms with Gasteiger partial charge in [-0.05, 0) is 38.2 Å². The van der Waals surface area contributed by atoms with Crippen LogP contribution in [0.4, 0.5) is 5.69 Å². The Bertz CT molecular complexity index is 1370.